The molecule has 3 rings (SSSR count). The summed E-state index contributed by atoms with van der Waals surface area (Å²) in [7, 11) is 0. The Kier molecular flexibility index (Phi) is 3.69. The minimum atomic E-state index is -0.242. The molecule has 5 heteroatoms. The van der Waals surface area contributed by atoms with E-state index in [0.717, 1.165) is 36.3 Å². The van der Waals surface area contributed by atoms with Crippen LogP contribution in [0.25, 0.3) is 11.0 Å². The molecule has 0 aliphatic carbocycles. The lowest BCUT2D eigenvalue weighted by Gasteiger charge is -2.25. The Morgan fingerprint density at radius 1 is 1.50 bits per heavy atom. The van der Waals surface area contributed by atoms with Crippen molar-refractivity contribution < 1.29 is 9.13 Å². The predicted molar refractivity (Wildman–Crippen MR) is 77.7 cm³/mol. The van der Waals surface area contributed by atoms with Crippen molar-refractivity contribution in [2.45, 2.75) is 38.3 Å². The van der Waals surface area contributed by atoms with Crippen LogP contribution in [-0.2, 0) is 17.7 Å². The molecule has 2 aromatic rings. The van der Waals surface area contributed by atoms with Gasteiger partial charge in [0.2, 0.25) is 0 Å². The number of ether oxygens (including phenoxy) is 1. The quantitative estimate of drug-likeness (QED) is 0.807. The van der Waals surface area contributed by atoms with E-state index in [1.807, 2.05) is 0 Å². The molecular weight excluding hydrogens is 279 g/mol. The Morgan fingerprint density at radius 2 is 2.35 bits per heavy atom. The SMILES string of the molecule is CC1(Cn2c(CCCl)nc3ccc(F)cc32)CCCO1. The second-order valence-corrected chi connectivity index (χ2v) is 5.97. The molecule has 1 unspecified atom stereocenters. The van der Waals surface area contributed by atoms with Crippen molar-refractivity contribution in [2.24, 2.45) is 0 Å². The highest BCUT2D eigenvalue weighted by Gasteiger charge is 2.31. The van der Waals surface area contributed by atoms with E-state index in [1.165, 1.54) is 6.07 Å². The van der Waals surface area contributed by atoms with E-state index in [4.69, 9.17) is 16.3 Å². The van der Waals surface area contributed by atoms with E-state index in [1.54, 1.807) is 12.1 Å². The van der Waals surface area contributed by atoms with Crippen LogP contribution in [0.3, 0.4) is 0 Å². The molecule has 0 radical (unpaired) electrons. The molecule has 1 aromatic heterocycles. The van der Waals surface area contributed by atoms with Crippen LogP contribution in [0, 0.1) is 5.82 Å². The maximum atomic E-state index is 13.5. The van der Waals surface area contributed by atoms with Gasteiger partial charge < -0.3 is 9.30 Å². The van der Waals surface area contributed by atoms with Crippen molar-refractivity contribution in [1.82, 2.24) is 9.55 Å². The molecule has 0 saturated carbocycles. The van der Waals surface area contributed by atoms with E-state index < -0.39 is 0 Å². The number of aromatic nitrogens is 2. The molecule has 1 fully saturated rings. The van der Waals surface area contributed by atoms with Crippen molar-refractivity contribution in [3.05, 3.63) is 29.8 Å². The first kappa shape index (κ1) is 13.8. The summed E-state index contributed by atoms with van der Waals surface area (Å²) in [6.07, 6.45) is 2.76. The molecule has 1 saturated heterocycles. The Morgan fingerprint density at radius 3 is 3.05 bits per heavy atom. The fraction of sp³-hybridized carbons (Fsp3) is 0.533. The van der Waals surface area contributed by atoms with Crippen LogP contribution in [0.15, 0.2) is 18.2 Å². The number of halogens is 2. The van der Waals surface area contributed by atoms with Gasteiger partial charge in [-0.25, -0.2) is 9.37 Å². The van der Waals surface area contributed by atoms with Crippen molar-refractivity contribution in [1.29, 1.82) is 0 Å². The summed E-state index contributed by atoms with van der Waals surface area (Å²) in [4.78, 5) is 4.57. The maximum Gasteiger partial charge on any atom is 0.125 e. The number of fused-ring (bicyclic) bond motifs is 1. The molecule has 3 nitrogen and oxygen atoms in total. The van der Waals surface area contributed by atoms with E-state index in [2.05, 4.69) is 16.5 Å². The fourth-order valence-electron chi connectivity index (χ4n) is 2.89. The van der Waals surface area contributed by atoms with Gasteiger partial charge in [0.15, 0.2) is 0 Å². The lowest BCUT2D eigenvalue weighted by molar-refractivity contribution is 0.00652. The van der Waals surface area contributed by atoms with Crippen LogP contribution in [-0.4, -0.2) is 27.6 Å². The summed E-state index contributed by atoms with van der Waals surface area (Å²) >= 11 is 5.86. The van der Waals surface area contributed by atoms with Gasteiger partial charge in [0, 0.05) is 18.9 Å². The van der Waals surface area contributed by atoms with Crippen LogP contribution in [0.4, 0.5) is 4.39 Å². The monoisotopic (exact) mass is 296 g/mol. The third kappa shape index (κ3) is 2.54. The zero-order valence-electron chi connectivity index (χ0n) is 11.5. The maximum absolute atomic E-state index is 13.5. The van der Waals surface area contributed by atoms with Crippen LogP contribution in [0.2, 0.25) is 0 Å². The van der Waals surface area contributed by atoms with E-state index >= 15 is 0 Å². The van der Waals surface area contributed by atoms with Gasteiger partial charge in [0.1, 0.15) is 11.6 Å². The Bertz CT molecular complexity index is 620. The summed E-state index contributed by atoms with van der Waals surface area (Å²) in [5, 5.41) is 0. The molecule has 0 N–H and O–H groups in total. The lowest BCUT2D eigenvalue weighted by atomic mass is 10.0. The second kappa shape index (κ2) is 5.34. The zero-order chi connectivity index (χ0) is 14.2. The van der Waals surface area contributed by atoms with E-state index in [-0.39, 0.29) is 11.4 Å². The number of rotatable bonds is 4. The smallest absolute Gasteiger partial charge is 0.125 e. The minimum Gasteiger partial charge on any atom is -0.373 e. The highest BCUT2D eigenvalue weighted by molar-refractivity contribution is 6.17. The van der Waals surface area contributed by atoms with Crippen LogP contribution >= 0.6 is 11.6 Å². The number of aryl methyl sites for hydroxylation is 1. The van der Waals surface area contributed by atoms with Gasteiger partial charge in [-0.2, -0.15) is 0 Å². The Balaban J connectivity index is 2.05. The number of alkyl halides is 1. The average Bonchev–Trinajstić information content (AvgIpc) is 2.97. The minimum absolute atomic E-state index is 0.193. The van der Waals surface area contributed by atoms with Crippen LogP contribution in [0.5, 0.6) is 0 Å². The first-order chi connectivity index (χ1) is 9.61. The molecular formula is C15H18ClFN2O. The molecule has 1 aromatic carbocycles. The molecule has 1 aliphatic heterocycles. The summed E-state index contributed by atoms with van der Waals surface area (Å²) in [5.74, 6) is 1.16. The number of hydrogen-bond donors (Lipinski definition) is 0. The lowest BCUT2D eigenvalue weighted by Crippen LogP contribution is -2.30. The summed E-state index contributed by atoms with van der Waals surface area (Å²) < 4.78 is 21.4. The van der Waals surface area contributed by atoms with Crippen molar-refractivity contribution in [2.75, 3.05) is 12.5 Å². The van der Waals surface area contributed by atoms with Gasteiger partial charge in [-0.05, 0) is 38.0 Å². The normalized spacial score (nSPS) is 22.8. The Hall–Kier alpha value is -1.13. The first-order valence-electron chi connectivity index (χ1n) is 6.96. The van der Waals surface area contributed by atoms with Crippen molar-refractivity contribution in [3.63, 3.8) is 0 Å². The Labute approximate surface area is 122 Å². The van der Waals surface area contributed by atoms with E-state index in [9.17, 15) is 4.39 Å². The van der Waals surface area contributed by atoms with Gasteiger partial charge in [-0.3, -0.25) is 0 Å². The standard InChI is InChI=1S/C15H18ClFN2O/c1-15(6-2-8-20-15)10-19-13-9-11(17)3-4-12(13)18-14(19)5-7-16/h3-4,9H,2,5-8,10H2,1H3. The van der Waals surface area contributed by atoms with E-state index in [0.29, 0.717) is 18.8 Å². The van der Waals surface area contributed by atoms with Crippen LogP contribution in [0.1, 0.15) is 25.6 Å². The third-order valence-corrected chi connectivity index (χ3v) is 4.09. The third-order valence-electron chi connectivity index (χ3n) is 3.90. The van der Waals surface area contributed by atoms with Crippen molar-refractivity contribution >= 4 is 22.6 Å². The largest absolute Gasteiger partial charge is 0.373 e. The number of benzene rings is 1. The second-order valence-electron chi connectivity index (χ2n) is 5.59. The molecule has 1 atom stereocenters. The average molecular weight is 297 g/mol. The molecule has 0 amide bonds. The summed E-state index contributed by atoms with van der Waals surface area (Å²) in [6.45, 7) is 3.59. The number of imidazole rings is 1. The number of hydrogen-bond acceptors (Lipinski definition) is 2. The highest BCUT2D eigenvalue weighted by Crippen LogP contribution is 2.29. The predicted octanol–water partition coefficient (Wildman–Crippen LogP) is 3.53. The van der Waals surface area contributed by atoms with Gasteiger partial charge in [0.25, 0.3) is 0 Å². The molecule has 1 aliphatic rings. The molecule has 20 heavy (non-hydrogen) atoms. The fourth-order valence-corrected chi connectivity index (χ4v) is 3.06. The zero-order valence-corrected chi connectivity index (χ0v) is 12.3. The highest BCUT2D eigenvalue weighted by atomic mass is 35.5. The molecule has 0 bridgehead atoms. The summed E-state index contributed by atoms with van der Waals surface area (Å²) in [6, 6.07) is 4.70. The molecule has 108 valence electrons. The van der Waals surface area contributed by atoms with Gasteiger partial charge in [-0.15, -0.1) is 11.6 Å². The van der Waals surface area contributed by atoms with Gasteiger partial charge >= 0.3 is 0 Å². The van der Waals surface area contributed by atoms with Crippen LogP contribution < -0.4 is 0 Å². The first-order valence-corrected chi connectivity index (χ1v) is 7.49. The molecule has 0 spiro atoms. The van der Waals surface area contributed by atoms with Crippen molar-refractivity contribution in [3.8, 4) is 0 Å². The molecule has 2 heterocycles. The van der Waals surface area contributed by atoms with Gasteiger partial charge in [-0.1, -0.05) is 0 Å². The number of nitrogens with zero attached hydrogens (tertiary/aromatic N) is 2. The van der Waals surface area contributed by atoms with Gasteiger partial charge in [0.05, 0.1) is 23.2 Å². The summed E-state index contributed by atoms with van der Waals surface area (Å²) in [5.41, 5.74) is 1.44. The topological polar surface area (TPSA) is 27.1 Å².